The zero-order chi connectivity index (χ0) is 13.1. The standard InChI is InChI=1S/C13H23N5/c1-4-6-7-9-18-12-11(15-13(18)14)10(8-5-2)16-17(12)3/h4-9H2,1-3H3,(H2,14,15). The minimum absolute atomic E-state index is 0.617. The van der Waals surface area contributed by atoms with Gasteiger partial charge in [-0.2, -0.15) is 5.10 Å². The Morgan fingerprint density at radius 1 is 1.17 bits per heavy atom. The monoisotopic (exact) mass is 249 g/mol. The lowest BCUT2D eigenvalue weighted by Crippen LogP contribution is -2.07. The van der Waals surface area contributed by atoms with Crippen LogP contribution in [0.1, 0.15) is 45.2 Å². The molecule has 2 N–H and O–H groups in total. The number of nitrogens with zero attached hydrogens (tertiary/aromatic N) is 4. The summed E-state index contributed by atoms with van der Waals surface area (Å²) in [6, 6.07) is 0. The van der Waals surface area contributed by atoms with Gasteiger partial charge in [-0.3, -0.25) is 9.25 Å². The van der Waals surface area contributed by atoms with Gasteiger partial charge in [-0.15, -0.1) is 0 Å². The van der Waals surface area contributed by atoms with Gasteiger partial charge in [0, 0.05) is 13.6 Å². The zero-order valence-corrected chi connectivity index (χ0v) is 11.6. The van der Waals surface area contributed by atoms with Crippen LogP contribution in [0.2, 0.25) is 0 Å². The lowest BCUT2D eigenvalue weighted by atomic mass is 10.2. The summed E-state index contributed by atoms with van der Waals surface area (Å²) in [6.07, 6.45) is 5.61. The fraction of sp³-hybridized carbons (Fsp3) is 0.692. The van der Waals surface area contributed by atoms with Gasteiger partial charge in [-0.25, -0.2) is 4.98 Å². The van der Waals surface area contributed by atoms with Gasteiger partial charge < -0.3 is 5.73 Å². The van der Waals surface area contributed by atoms with Crippen LogP contribution in [0.25, 0.3) is 11.2 Å². The van der Waals surface area contributed by atoms with Crippen LogP contribution < -0.4 is 5.73 Å². The van der Waals surface area contributed by atoms with Gasteiger partial charge in [0.15, 0.2) is 5.65 Å². The van der Waals surface area contributed by atoms with Gasteiger partial charge in [0.1, 0.15) is 5.52 Å². The number of unbranched alkanes of at least 4 members (excludes halogenated alkanes) is 2. The first-order valence-corrected chi connectivity index (χ1v) is 6.86. The van der Waals surface area contributed by atoms with Crippen molar-refractivity contribution in [2.75, 3.05) is 5.73 Å². The molecule has 0 fully saturated rings. The van der Waals surface area contributed by atoms with Crippen molar-refractivity contribution in [2.24, 2.45) is 7.05 Å². The molecular formula is C13H23N5. The largest absolute Gasteiger partial charge is 0.369 e. The molecule has 0 aliphatic heterocycles. The SMILES string of the molecule is CCCCCn1c(N)nc2c(CCC)nn(C)c21. The number of imidazole rings is 1. The first kappa shape index (κ1) is 12.9. The number of nitrogen functional groups attached to an aromatic ring is 1. The Morgan fingerprint density at radius 2 is 1.94 bits per heavy atom. The Labute approximate surface area is 108 Å². The molecule has 2 aromatic rings. The second-order valence-corrected chi connectivity index (χ2v) is 4.82. The first-order valence-electron chi connectivity index (χ1n) is 6.86. The highest BCUT2D eigenvalue weighted by atomic mass is 15.3. The van der Waals surface area contributed by atoms with E-state index in [9.17, 15) is 0 Å². The van der Waals surface area contributed by atoms with Crippen LogP contribution in [0, 0.1) is 0 Å². The van der Waals surface area contributed by atoms with E-state index in [-0.39, 0.29) is 0 Å². The Balaban J connectivity index is 2.37. The van der Waals surface area contributed by atoms with E-state index in [1.54, 1.807) is 0 Å². The van der Waals surface area contributed by atoms with E-state index in [4.69, 9.17) is 5.73 Å². The predicted octanol–water partition coefficient (Wildman–Crippen LogP) is 2.49. The Morgan fingerprint density at radius 3 is 2.61 bits per heavy atom. The van der Waals surface area contributed by atoms with Gasteiger partial charge in [-0.1, -0.05) is 33.1 Å². The van der Waals surface area contributed by atoms with Gasteiger partial charge in [0.2, 0.25) is 5.95 Å². The summed E-state index contributed by atoms with van der Waals surface area (Å²) < 4.78 is 4.01. The quantitative estimate of drug-likeness (QED) is 0.800. The van der Waals surface area contributed by atoms with E-state index >= 15 is 0 Å². The number of hydrogen-bond donors (Lipinski definition) is 1. The minimum atomic E-state index is 0.617. The van der Waals surface area contributed by atoms with E-state index in [1.807, 2.05) is 11.7 Å². The van der Waals surface area contributed by atoms with Crippen molar-refractivity contribution < 1.29 is 0 Å². The van der Waals surface area contributed by atoms with E-state index in [1.165, 1.54) is 12.8 Å². The average Bonchev–Trinajstić information content (AvgIpc) is 2.80. The van der Waals surface area contributed by atoms with Crippen LogP contribution in [0.15, 0.2) is 0 Å². The van der Waals surface area contributed by atoms with Crippen molar-refractivity contribution in [1.82, 2.24) is 19.3 Å². The molecule has 2 heterocycles. The maximum Gasteiger partial charge on any atom is 0.202 e. The molecule has 0 saturated carbocycles. The predicted molar refractivity (Wildman–Crippen MR) is 74.4 cm³/mol. The normalized spacial score (nSPS) is 11.5. The first-order chi connectivity index (χ1) is 8.69. The Hall–Kier alpha value is -1.52. The highest BCUT2D eigenvalue weighted by molar-refractivity contribution is 5.77. The van der Waals surface area contributed by atoms with E-state index in [2.05, 4.69) is 28.5 Å². The number of fused-ring (bicyclic) bond motifs is 1. The van der Waals surface area contributed by atoms with E-state index in [0.29, 0.717) is 5.95 Å². The number of nitrogens with two attached hydrogens (primary N) is 1. The van der Waals surface area contributed by atoms with Crippen molar-refractivity contribution in [3.8, 4) is 0 Å². The molecule has 2 rings (SSSR count). The van der Waals surface area contributed by atoms with Gasteiger partial charge in [0.05, 0.1) is 5.69 Å². The van der Waals surface area contributed by atoms with Crippen molar-refractivity contribution in [1.29, 1.82) is 0 Å². The van der Waals surface area contributed by atoms with Crippen LogP contribution >= 0.6 is 0 Å². The molecule has 2 aromatic heterocycles. The highest BCUT2D eigenvalue weighted by Gasteiger charge is 2.16. The maximum absolute atomic E-state index is 6.02. The summed E-state index contributed by atoms with van der Waals surface area (Å²) in [5.41, 5.74) is 9.13. The summed E-state index contributed by atoms with van der Waals surface area (Å²) in [6.45, 7) is 5.29. The fourth-order valence-electron chi connectivity index (χ4n) is 2.40. The lowest BCUT2D eigenvalue weighted by molar-refractivity contribution is 0.603. The molecule has 0 bridgehead atoms. The molecule has 18 heavy (non-hydrogen) atoms. The van der Waals surface area contributed by atoms with E-state index < -0.39 is 0 Å². The van der Waals surface area contributed by atoms with Crippen LogP contribution in [0.4, 0.5) is 5.95 Å². The van der Waals surface area contributed by atoms with Crippen LogP contribution in [-0.4, -0.2) is 19.3 Å². The molecule has 5 heteroatoms. The van der Waals surface area contributed by atoms with Crippen LogP contribution in [0.3, 0.4) is 0 Å². The second-order valence-electron chi connectivity index (χ2n) is 4.82. The van der Waals surface area contributed by atoms with Crippen molar-refractivity contribution in [3.05, 3.63) is 5.69 Å². The zero-order valence-electron chi connectivity index (χ0n) is 11.6. The molecule has 0 saturated heterocycles. The van der Waals surface area contributed by atoms with Crippen molar-refractivity contribution >= 4 is 17.1 Å². The second kappa shape index (κ2) is 5.42. The topological polar surface area (TPSA) is 61.7 Å². The molecule has 0 aliphatic carbocycles. The third kappa shape index (κ3) is 2.21. The smallest absolute Gasteiger partial charge is 0.202 e. The molecule has 0 aliphatic rings. The molecule has 100 valence electrons. The summed E-state index contributed by atoms with van der Waals surface area (Å²) in [4.78, 5) is 4.49. The van der Waals surface area contributed by atoms with Gasteiger partial charge >= 0.3 is 0 Å². The molecule has 0 atom stereocenters. The molecule has 0 unspecified atom stereocenters. The highest BCUT2D eigenvalue weighted by Crippen LogP contribution is 2.22. The number of anilines is 1. The Bertz CT molecular complexity index is 523. The number of aryl methyl sites for hydroxylation is 3. The lowest BCUT2D eigenvalue weighted by Gasteiger charge is -2.05. The average molecular weight is 249 g/mol. The maximum atomic E-state index is 6.02. The summed E-state index contributed by atoms with van der Waals surface area (Å²) >= 11 is 0. The fourth-order valence-corrected chi connectivity index (χ4v) is 2.40. The molecular weight excluding hydrogens is 226 g/mol. The van der Waals surface area contributed by atoms with Crippen molar-refractivity contribution in [2.45, 2.75) is 52.5 Å². The van der Waals surface area contributed by atoms with Gasteiger partial charge in [-0.05, 0) is 12.8 Å². The van der Waals surface area contributed by atoms with Crippen LogP contribution in [-0.2, 0) is 20.0 Å². The van der Waals surface area contributed by atoms with Crippen LogP contribution in [0.5, 0.6) is 0 Å². The van der Waals surface area contributed by atoms with E-state index in [0.717, 1.165) is 42.7 Å². The minimum Gasteiger partial charge on any atom is -0.369 e. The molecule has 0 aromatic carbocycles. The molecule has 0 radical (unpaired) electrons. The van der Waals surface area contributed by atoms with Crippen molar-refractivity contribution in [3.63, 3.8) is 0 Å². The Kier molecular flexibility index (Phi) is 3.89. The molecule has 0 spiro atoms. The molecule has 5 nitrogen and oxygen atoms in total. The third-order valence-corrected chi connectivity index (χ3v) is 3.29. The van der Waals surface area contributed by atoms with Gasteiger partial charge in [0.25, 0.3) is 0 Å². The number of hydrogen-bond acceptors (Lipinski definition) is 3. The summed E-state index contributed by atoms with van der Waals surface area (Å²) in [5, 5.41) is 4.55. The number of aromatic nitrogens is 4. The number of rotatable bonds is 6. The summed E-state index contributed by atoms with van der Waals surface area (Å²) in [5.74, 6) is 0.617. The summed E-state index contributed by atoms with van der Waals surface area (Å²) in [7, 11) is 1.97. The third-order valence-electron chi connectivity index (χ3n) is 3.29. The molecule has 0 amide bonds.